The molecular weight excluding hydrogens is 308 g/mol. The van der Waals surface area contributed by atoms with E-state index in [-0.39, 0.29) is 19.8 Å². The lowest BCUT2D eigenvalue weighted by atomic mass is 9.88. The van der Waals surface area contributed by atoms with E-state index in [1.54, 1.807) is 0 Å². The summed E-state index contributed by atoms with van der Waals surface area (Å²) in [6.45, 7) is 3.59. The van der Waals surface area contributed by atoms with Gasteiger partial charge in [0.2, 0.25) is 0 Å². The normalized spacial score (nSPS) is 11.0. The molecule has 0 spiro atoms. The number of unbranched alkanes of at least 4 members (excludes halogenated alkanes) is 9. The van der Waals surface area contributed by atoms with Gasteiger partial charge in [0.1, 0.15) is 0 Å². The highest BCUT2D eigenvalue weighted by Crippen LogP contribution is 2.18. The van der Waals surface area contributed by atoms with E-state index in [1.807, 2.05) is 6.92 Å². The van der Waals surface area contributed by atoms with Crippen molar-refractivity contribution >= 4 is 5.97 Å². The zero-order valence-electron chi connectivity index (χ0n) is 15.8. The van der Waals surface area contributed by atoms with Gasteiger partial charge in [-0.3, -0.25) is 4.79 Å². The van der Waals surface area contributed by atoms with Gasteiger partial charge in [0.25, 0.3) is 0 Å². The summed E-state index contributed by atoms with van der Waals surface area (Å²) in [6.07, 6.45) is 13.5. The Morgan fingerprint density at radius 2 is 1.08 bits per heavy atom. The third-order valence-electron chi connectivity index (χ3n) is 4.50. The van der Waals surface area contributed by atoms with Crippen molar-refractivity contribution in [2.24, 2.45) is 5.41 Å². The first kappa shape index (κ1) is 25.6. The van der Waals surface area contributed by atoms with E-state index in [1.165, 1.54) is 51.4 Å². The third-order valence-corrected chi connectivity index (χ3v) is 4.50. The number of aliphatic hydroxyl groups is 3. The van der Waals surface area contributed by atoms with Crippen LogP contribution in [0.25, 0.3) is 0 Å². The topological polar surface area (TPSA) is 98.0 Å². The fourth-order valence-corrected chi connectivity index (χ4v) is 2.25. The second-order valence-corrected chi connectivity index (χ2v) is 6.65. The van der Waals surface area contributed by atoms with Crippen LogP contribution in [-0.2, 0) is 4.79 Å². The molecule has 0 aromatic rings. The zero-order chi connectivity index (χ0) is 18.7. The zero-order valence-corrected chi connectivity index (χ0v) is 15.8. The van der Waals surface area contributed by atoms with Crippen LogP contribution in [0.4, 0.5) is 0 Å². The molecule has 0 aromatic carbocycles. The van der Waals surface area contributed by atoms with Crippen molar-refractivity contribution in [3.05, 3.63) is 0 Å². The Morgan fingerprint density at radius 1 is 0.708 bits per heavy atom. The fourth-order valence-electron chi connectivity index (χ4n) is 2.25. The van der Waals surface area contributed by atoms with Gasteiger partial charge in [-0.15, -0.1) is 0 Å². The van der Waals surface area contributed by atoms with Crippen molar-refractivity contribution in [3.63, 3.8) is 0 Å². The standard InChI is InChI=1S/C13H26O2.C6H14O3/c1-2-3-4-5-6-7-8-9-10-11-12-13(14)15;1-2-6(3-7,4-8)5-9/h2-12H2,1H3,(H,14,15);7-9H,2-5H2,1H3. The van der Waals surface area contributed by atoms with Crippen molar-refractivity contribution in [2.45, 2.75) is 90.9 Å². The van der Waals surface area contributed by atoms with Gasteiger partial charge in [-0.1, -0.05) is 71.6 Å². The summed E-state index contributed by atoms with van der Waals surface area (Å²) in [6, 6.07) is 0. The third kappa shape index (κ3) is 16.2. The highest BCUT2D eigenvalue weighted by Gasteiger charge is 2.24. The molecule has 0 aliphatic rings. The maximum Gasteiger partial charge on any atom is 0.303 e. The molecule has 5 heteroatoms. The van der Waals surface area contributed by atoms with E-state index in [4.69, 9.17) is 20.4 Å². The summed E-state index contributed by atoms with van der Waals surface area (Å²) < 4.78 is 0. The van der Waals surface area contributed by atoms with Gasteiger partial charge in [-0.2, -0.15) is 0 Å². The summed E-state index contributed by atoms with van der Waals surface area (Å²) in [5.74, 6) is -0.658. The van der Waals surface area contributed by atoms with Crippen LogP contribution in [0.5, 0.6) is 0 Å². The summed E-state index contributed by atoms with van der Waals surface area (Å²) in [5.41, 5.74) is -0.667. The molecule has 0 rings (SSSR count). The molecule has 0 saturated heterocycles. The highest BCUT2D eigenvalue weighted by atomic mass is 16.4. The van der Waals surface area contributed by atoms with Crippen LogP contribution < -0.4 is 0 Å². The van der Waals surface area contributed by atoms with E-state index in [2.05, 4.69) is 6.92 Å². The van der Waals surface area contributed by atoms with Crippen LogP contribution in [-0.4, -0.2) is 46.2 Å². The van der Waals surface area contributed by atoms with Crippen molar-refractivity contribution in [1.82, 2.24) is 0 Å². The monoisotopic (exact) mass is 348 g/mol. The Hall–Kier alpha value is -0.650. The second kappa shape index (κ2) is 18.7. The number of carboxylic acid groups (broad SMARTS) is 1. The molecule has 0 fully saturated rings. The van der Waals surface area contributed by atoms with E-state index in [0.29, 0.717) is 12.8 Å². The van der Waals surface area contributed by atoms with E-state index >= 15 is 0 Å². The lowest BCUT2D eigenvalue weighted by molar-refractivity contribution is -0.137. The molecule has 4 N–H and O–H groups in total. The maximum atomic E-state index is 10.2. The number of aliphatic hydroxyl groups excluding tert-OH is 3. The lowest BCUT2D eigenvalue weighted by Crippen LogP contribution is -2.32. The van der Waals surface area contributed by atoms with Crippen LogP contribution in [0, 0.1) is 5.41 Å². The molecule has 146 valence electrons. The van der Waals surface area contributed by atoms with Crippen LogP contribution in [0.2, 0.25) is 0 Å². The molecule has 0 bridgehead atoms. The minimum absolute atomic E-state index is 0.156. The van der Waals surface area contributed by atoms with Crippen molar-refractivity contribution < 1.29 is 25.2 Å². The van der Waals surface area contributed by atoms with Gasteiger partial charge in [-0.25, -0.2) is 0 Å². The second-order valence-electron chi connectivity index (χ2n) is 6.65. The SMILES string of the molecule is CCC(CO)(CO)CO.CCCCCCCCCCCCC(=O)O. The molecular formula is C19H40O5. The van der Waals surface area contributed by atoms with Crippen LogP contribution in [0.3, 0.4) is 0 Å². The molecule has 0 amide bonds. The minimum Gasteiger partial charge on any atom is -0.481 e. The number of rotatable bonds is 15. The molecule has 0 aromatic heterocycles. The Kier molecular flexibility index (Phi) is 19.9. The Morgan fingerprint density at radius 3 is 1.33 bits per heavy atom. The van der Waals surface area contributed by atoms with Gasteiger partial charge in [0.05, 0.1) is 19.8 Å². The number of hydrogen-bond donors (Lipinski definition) is 4. The highest BCUT2D eigenvalue weighted by molar-refractivity contribution is 5.66. The van der Waals surface area contributed by atoms with Crippen molar-refractivity contribution in [3.8, 4) is 0 Å². The van der Waals surface area contributed by atoms with Crippen LogP contribution in [0.1, 0.15) is 90.9 Å². The lowest BCUT2D eigenvalue weighted by Gasteiger charge is -2.24. The Bertz CT molecular complexity index is 247. The van der Waals surface area contributed by atoms with Gasteiger partial charge in [0.15, 0.2) is 0 Å². The molecule has 0 unspecified atom stereocenters. The summed E-state index contributed by atoms with van der Waals surface area (Å²) in [4.78, 5) is 10.2. The number of hydrogen-bond acceptors (Lipinski definition) is 4. The average Bonchev–Trinajstić information content (AvgIpc) is 2.59. The quantitative estimate of drug-likeness (QED) is 0.338. The van der Waals surface area contributed by atoms with E-state index in [0.717, 1.165) is 12.8 Å². The predicted molar refractivity (Wildman–Crippen MR) is 98.1 cm³/mol. The fraction of sp³-hybridized carbons (Fsp3) is 0.947. The predicted octanol–water partition coefficient (Wildman–Crippen LogP) is 3.74. The van der Waals surface area contributed by atoms with E-state index in [9.17, 15) is 4.79 Å². The first-order valence-electron chi connectivity index (χ1n) is 9.56. The molecule has 0 heterocycles. The number of carbonyl (C=O) groups is 1. The first-order valence-corrected chi connectivity index (χ1v) is 9.56. The molecule has 0 aliphatic heterocycles. The van der Waals surface area contributed by atoms with Crippen molar-refractivity contribution in [1.29, 1.82) is 0 Å². The van der Waals surface area contributed by atoms with Gasteiger partial charge < -0.3 is 20.4 Å². The number of aliphatic carboxylic acids is 1. The maximum absolute atomic E-state index is 10.2. The molecule has 24 heavy (non-hydrogen) atoms. The molecule has 0 radical (unpaired) electrons. The molecule has 0 saturated carbocycles. The van der Waals surface area contributed by atoms with Crippen molar-refractivity contribution in [2.75, 3.05) is 19.8 Å². The molecule has 5 nitrogen and oxygen atoms in total. The minimum atomic E-state index is -0.667. The summed E-state index contributed by atoms with van der Waals surface area (Å²) in [5, 5.41) is 34.4. The summed E-state index contributed by atoms with van der Waals surface area (Å²) >= 11 is 0. The van der Waals surface area contributed by atoms with Crippen LogP contribution in [0.15, 0.2) is 0 Å². The average molecular weight is 349 g/mol. The Balaban J connectivity index is 0. The summed E-state index contributed by atoms with van der Waals surface area (Å²) in [7, 11) is 0. The Labute approximate surface area is 148 Å². The van der Waals surface area contributed by atoms with Gasteiger partial charge >= 0.3 is 5.97 Å². The smallest absolute Gasteiger partial charge is 0.303 e. The van der Waals surface area contributed by atoms with Gasteiger partial charge in [0, 0.05) is 11.8 Å². The molecule has 0 atom stereocenters. The number of carboxylic acids is 1. The van der Waals surface area contributed by atoms with E-state index < -0.39 is 11.4 Å². The molecule has 0 aliphatic carbocycles. The van der Waals surface area contributed by atoms with Gasteiger partial charge in [-0.05, 0) is 12.8 Å². The largest absolute Gasteiger partial charge is 0.481 e. The van der Waals surface area contributed by atoms with Crippen LogP contribution >= 0.6 is 0 Å². The first-order chi connectivity index (χ1) is 11.5.